The van der Waals surface area contributed by atoms with Crippen LogP contribution in [-0.2, 0) is 0 Å². The van der Waals surface area contributed by atoms with E-state index in [1.54, 1.807) is 0 Å². The topological polar surface area (TPSA) is 15.3 Å². The molecule has 2 rings (SSSR count). The Bertz CT molecular complexity index is 177. The molecule has 2 aliphatic heterocycles. The molecule has 0 aromatic rings. The molecule has 2 nitrogen and oxygen atoms in total. The van der Waals surface area contributed by atoms with E-state index < -0.39 is 0 Å². The Morgan fingerprint density at radius 1 is 1.00 bits per heavy atom. The molecule has 2 heterocycles. The highest BCUT2D eigenvalue weighted by Gasteiger charge is 2.28. The van der Waals surface area contributed by atoms with Crippen molar-refractivity contribution < 1.29 is 0 Å². The second kappa shape index (κ2) is 5.31. The molecule has 1 atom stereocenters. The van der Waals surface area contributed by atoms with Gasteiger partial charge in [0.15, 0.2) is 0 Å². The van der Waals surface area contributed by atoms with Gasteiger partial charge in [0.25, 0.3) is 0 Å². The second-order valence-electron chi connectivity index (χ2n) is 5.63. The Balaban J connectivity index is 1.82. The number of rotatable bonds is 2. The predicted molar refractivity (Wildman–Crippen MR) is 65.2 cm³/mol. The molecule has 0 aromatic heterocycles. The van der Waals surface area contributed by atoms with Crippen molar-refractivity contribution in [2.45, 2.75) is 57.4 Å². The van der Waals surface area contributed by atoms with Gasteiger partial charge in [-0.25, -0.2) is 0 Å². The van der Waals surface area contributed by atoms with Crippen molar-refractivity contribution in [2.75, 3.05) is 26.2 Å². The Labute approximate surface area is 94.4 Å². The van der Waals surface area contributed by atoms with Crippen LogP contribution in [-0.4, -0.2) is 36.6 Å². The standard InChI is InChI=1S/C13H26N2/c1-13(8-4-5-9-14-13)12-15-10-6-2-3-7-11-15/h14H,2-12H2,1H3. The summed E-state index contributed by atoms with van der Waals surface area (Å²) in [5.41, 5.74) is 0.405. The SMILES string of the molecule is CC1(CN2CCCCCC2)CCCCN1. The van der Waals surface area contributed by atoms with Gasteiger partial charge >= 0.3 is 0 Å². The zero-order valence-corrected chi connectivity index (χ0v) is 10.2. The molecule has 88 valence electrons. The highest BCUT2D eigenvalue weighted by Crippen LogP contribution is 2.21. The number of nitrogens with zero attached hydrogens (tertiary/aromatic N) is 1. The number of hydrogen-bond donors (Lipinski definition) is 1. The quantitative estimate of drug-likeness (QED) is 0.753. The maximum atomic E-state index is 3.72. The summed E-state index contributed by atoms with van der Waals surface area (Å²) in [4.78, 5) is 2.69. The highest BCUT2D eigenvalue weighted by molar-refractivity contribution is 4.89. The van der Waals surface area contributed by atoms with Crippen LogP contribution in [0.25, 0.3) is 0 Å². The molecule has 2 saturated heterocycles. The minimum Gasteiger partial charge on any atom is -0.310 e. The molecule has 0 bridgehead atoms. The third kappa shape index (κ3) is 3.46. The molecule has 1 unspecified atom stereocenters. The lowest BCUT2D eigenvalue weighted by molar-refractivity contribution is 0.167. The summed E-state index contributed by atoms with van der Waals surface area (Å²) in [5, 5.41) is 3.72. The first-order chi connectivity index (χ1) is 7.29. The van der Waals surface area contributed by atoms with Gasteiger partial charge in [0, 0.05) is 12.1 Å². The van der Waals surface area contributed by atoms with Gasteiger partial charge in [-0.3, -0.25) is 0 Å². The molecule has 0 spiro atoms. The van der Waals surface area contributed by atoms with E-state index >= 15 is 0 Å². The van der Waals surface area contributed by atoms with Gasteiger partial charge in [0.05, 0.1) is 0 Å². The lowest BCUT2D eigenvalue weighted by Crippen LogP contribution is -2.53. The van der Waals surface area contributed by atoms with Gasteiger partial charge < -0.3 is 10.2 Å². The molecule has 0 saturated carbocycles. The van der Waals surface area contributed by atoms with Crippen molar-refractivity contribution in [1.29, 1.82) is 0 Å². The van der Waals surface area contributed by atoms with E-state index in [4.69, 9.17) is 0 Å². The van der Waals surface area contributed by atoms with Crippen molar-refractivity contribution in [3.8, 4) is 0 Å². The maximum Gasteiger partial charge on any atom is 0.0280 e. The Kier molecular flexibility index (Phi) is 4.04. The van der Waals surface area contributed by atoms with Crippen molar-refractivity contribution in [3.63, 3.8) is 0 Å². The Hall–Kier alpha value is -0.0800. The fourth-order valence-electron chi connectivity index (χ4n) is 3.04. The fourth-order valence-corrected chi connectivity index (χ4v) is 3.04. The summed E-state index contributed by atoms with van der Waals surface area (Å²) >= 11 is 0. The lowest BCUT2D eigenvalue weighted by atomic mass is 9.90. The zero-order valence-electron chi connectivity index (χ0n) is 10.2. The molecule has 2 fully saturated rings. The molecule has 2 aliphatic rings. The van der Waals surface area contributed by atoms with E-state index in [0.29, 0.717) is 5.54 Å². The molecule has 0 aliphatic carbocycles. The van der Waals surface area contributed by atoms with Crippen molar-refractivity contribution in [3.05, 3.63) is 0 Å². The van der Waals surface area contributed by atoms with Gasteiger partial charge in [-0.15, -0.1) is 0 Å². The van der Waals surface area contributed by atoms with Crippen molar-refractivity contribution in [1.82, 2.24) is 10.2 Å². The second-order valence-corrected chi connectivity index (χ2v) is 5.63. The average molecular weight is 210 g/mol. The van der Waals surface area contributed by atoms with Crippen LogP contribution in [0.3, 0.4) is 0 Å². The normalized spacial score (nSPS) is 35.0. The van der Waals surface area contributed by atoms with E-state index in [1.165, 1.54) is 71.1 Å². The Morgan fingerprint density at radius 3 is 2.33 bits per heavy atom. The smallest absolute Gasteiger partial charge is 0.0280 e. The van der Waals surface area contributed by atoms with Crippen molar-refractivity contribution in [2.24, 2.45) is 0 Å². The summed E-state index contributed by atoms with van der Waals surface area (Å²) in [6.45, 7) is 7.57. The minimum absolute atomic E-state index is 0.405. The number of hydrogen-bond acceptors (Lipinski definition) is 2. The van der Waals surface area contributed by atoms with Crippen LogP contribution in [0.2, 0.25) is 0 Å². The van der Waals surface area contributed by atoms with Crippen LogP contribution in [0.5, 0.6) is 0 Å². The lowest BCUT2D eigenvalue weighted by Gasteiger charge is -2.39. The first-order valence-corrected chi connectivity index (χ1v) is 6.76. The number of nitrogens with one attached hydrogen (secondary N) is 1. The first kappa shape index (κ1) is 11.4. The number of likely N-dealkylation sites (tertiary alicyclic amines) is 1. The summed E-state index contributed by atoms with van der Waals surface area (Å²) in [5.74, 6) is 0. The van der Waals surface area contributed by atoms with Crippen molar-refractivity contribution >= 4 is 0 Å². The molecule has 0 aromatic carbocycles. The molecular formula is C13H26N2. The van der Waals surface area contributed by atoms with Gasteiger partial charge in [-0.1, -0.05) is 19.3 Å². The molecular weight excluding hydrogens is 184 g/mol. The Morgan fingerprint density at radius 2 is 1.73 bits per heavy atom. The van der Waals surface area contributed by atoms with E-state index in [2.05, 4.69) is 17.1 Å². The predicted octanol–water partition coefficient (Wildman–Crippen LogP) is 2.39. The van der Waals surface area contributed by atoms with E-state index in [-0.39, 0.29) is 0 Å². The molecule has 15 heavy (non-hydrogen) atoms. The van der Waals surface area contributed by atoms with E-state index in [9.17, 15) is 0 Å². The van der Waals surface area contributed by atoms with Gasteiger partial charge in [0.1, 0.15) is 0 Å². The van der Waals surface area contributed by atoms with E-state index in [1.807, 2.05) is 0 Å². The largest absolute Gasteiger partial charge is 0.310 e. The summed E-state index contributed by atoms with van der Waals surface area (Å²) in [7, 11) is 0. The third-order valence-corrected chi connectivity index (χ3v) is 3.98. The maximum absolute atomic E-state index is 3.72. The molecule has 2 heteroatoms. The zero-order chi connectivity index (χ0) is 10.6. The monoisotopic (exact) mass is 210 g/mol. The van der Waals surface area contributed by atoms with Crippen LogP contribution in [0.4, 0.5) is 0 Å². The van der Waals surface area contributed by atoms with Crippen LogP contribution in [0.1, 0.15) is 51.9 Å². The number of piperidine rings is 1. The fraction of sp³-hybridized carbons (Fsp3) is 1.00. The van der Waals surface area contributed by atoms with Gasteiger partial charge in [0.2, 0.25) is 0 Å². The first-order valence-electron chi connectivity index (χ1n) is 6.76. The average Bonchev–Trinajstić information content (AvgIpc) is 2.47. The summed E-state index contributed by atoms with van der Waals surface area (Å²) in [6, 6.07) is 0. The van der Waals surface area contributed by atoms with Gasteiger partial charge in [-0.2, -0.15) is 0 Å². The highest BCUT2D eigenvalue weighted by atomic mass is 15.2. The molecule has 1 N–H and O–H groups in total. The molecule has 0 radical (unpaired) electrons. The van der Waals surface area contributed by atoms with E-state index in [0.717, 1.165) is 0 Å². The summed E-state index contributed by atoms with van der Waals surface area (Å²) < 4.78 is 0. The minimum atomic E-state index is 0.405. The third-order valence-electron chi connectivity index (χ3n) is 3.98. The van der Waals surface area contributed by atoms with Crippen LogP contribution >= 0.6 is 0 Å². The summed E-state index contributed by atoms with van der Waals surface area (Å²) in [6.07, 6.45) is 9.86. The van der Waals surface area contributed by atoms with Gasteiger partial charge in [-0.05, 0) is 52.2 Å². The van der Waals surface area contributed by atoms with Crippen LogP contribution in [0.15, 0.2) is 0 Å². The van der Waals surface area contributed by atoms with Crippen LogP contribution < -0.4 is 5.32 Å². The molecule has 0 amide bonds. The van der Waals surface area contributed by atoms with Crippen LogP contribution in [0, 0.1) is 0 Å².